The Bertz CT molecular complexity index is 901. The Morgan fingerprint density at radius 3 is 2.00 bits per heavy atom. The van der Waals surface area contributed by atoms with Gasteiger partial charge in [0.15, 0.2) is 0 Å². The molecule has 0 aliphatic heterocycles. The molecule has 0 aliphatic rings. The zero-order valence-corrected chi connectivity index (χ0v) is 11.6. The van der Waals surface area contributed by atoms with Gasteiger partial charge in [0, 0.05) is 11.3 Å². The van der Waals surface area contributed by atoms with Gasteiger partial charge in [-0.1, -0.05) is 36.9 Å². The van der Waals surface area contributed by atoms with E-state index in [1.54, 1.807) is 49.4 Å². The Hall–Kier alpha value is -2.88. The molecule has 0 N–H and O–H groups in total. The van der Waals surface area contributed by atoms with Crippen LogP contribution in [0.2, 0.25) is 0 Å². The van der Waals surface area contributed by atoms with E-state index < -0.39 is 5.69 Å². The van der Waals surface area contributed by atoms with Crippen LogP contribution in [0, 0.1) is 0 Å². The lowest BCUT2D eigenvalue weighted by Gasteiger charge is -2.01. The molecule has 0 amide bonds. The Labute approximate surface area is 121 Å². The van der Waals surface area contributed by atoms with E-state index in [9.17, 15) is 9.59 Å². The number of carbonyl (C=O) groups excluding carboxylic acids is 1. The van der Waals surface area contributed by atoms with Crippen LogP contribution in [0.3, 0.4) is 0 Å². The number of benzene rings is 2. The van der Waals surface area contributed by atoms with Gasteiger partial charge in [-0.2, -0.15) is 0 Å². The van der Waals surface area contributed by atoms with Crippen LogP contribution in [0.1, 0.15) is 17.3 Å². The lowest BCUT2D eigenvalue weighted by Crippen LogP contribution is -2.28. The van der Waals surface area contributed by atoms with Crippen molar-refractivity contribution in [2.45, 2.75) is 6.92 Å². The number of fused-ring (bicyclic) bond motifs is 1. The molecule has 1 aromatic heterocycles. The van der Waals surface area contributed by atoms with Gasteiger partial charge in [-0.3, -0.25) is 9.36 Å². The van der Waals surface area contributed by atoms with Crippen LogP contribution in [0.25, 0.3) is 16.7 Å². The Balaban J connectivity index is 2.34. The number of rotatable bonds is 2. The lowest BCUT2D eigenvalue weighted by molar-refractivity contribution is 0.0960. The highest BCUT2D eigenvalue weighted by Crippen LogP contribution is 2.17. The number of hydrogen-bond donors (Lipinski definition) is 0. The second kappa shape index (κ2) is 4.90. The SMILES string of the molecule is C=C(C)n1c(=O)n(C(=O)c2ccccc2)c2ccccc21. The quantitative estimate of drug-likeness (QED) is 0.723. The van der Waals surface area contributed by atoms with Crippen molar-refractivity contribution in [3.8, 4) is 0 Å². The minimum absolute atomic E-state index is 0.336. The lowest BCUT2D eigenvalue weighted by atomic mass is 10.2. The van der Waals surface area contributed by atoms with Gasteiger partial charge in [0.1, 0.15) is 0 Å². The summed E-state index contributed by atoms with van der Waals surface area (Å²) in [5, 5.41) is 0. The van der Waals surface area contributed by atoms with Crippen molar-refractivity contribution in [3.05, 3.63) is 77.2 Å². The van der Waals surface area contributed by atoms with Crippen LogP contribution in [0.15, 0.2) is 66.0 Å². The van der Waals surface area contributed by atoms with Crippen molar-refractivity contribution in [2.24, 2.45) is 0 Å². The van der Waals surface area contributed by atoms with Gasteiger partial charge in [-0.15, -0.1) is 0 Å². The second-order valence-electron chi connectivity index (χ2n) is 4.85. The molecule has 3 aromatic rings. The Kier molecular flexibility index (Phi) is 3.06. The van der Waals surface area contributed by atoms with Crippen molar-refractivity contribution in [1.29, 1.82) is 0 Å². The zero-order chi connectivity index (χ0) is 15.0. The average Bonchev–Trinajstić information content (AvgIpc) is 2.79. The molecule has 4 heteroatoms. The highest BCUT2D eigenvalue weighted by molar-refractivity contribution is 6.01. The third-order valence-electron chi connectivity index (χ3n) is 3.35. The largest absolute Gasteiger partial charge is 0.340 e. The molecule has 1 heterocycles. The summed E-state index contributed by atoms with van der Waals surface area (Å²) < 4.78 is 2.65. The number of aromatic nitrogens is 2. The molecular formula is C17H14N2O2. The predicted octanol–water partition coefficient (Wildman–Crippen LogP) is 2.98. The summed E-state index contributed by atoms with van der Waals surface area (Å²) >= 11 is 0. The van der Waals surface area contributed by atoms with Crippen molar-refractivity contribution < 1.29 is 4.79 Å². The summed E-state index contributed by atoms with van der Waals surface area (Å²) in [6, 6.07) is 16.0. The number of allylic oxidation sites excluding steroid dienone is 1. The summed E-state index contributed by atoms with van der Waals surface area (Å²) in [7, 11) is 0. The van der Waals surface area contributed by atoms with Gasteiger partial charge in [-0.05, 0) is 31.2 Å². The van der Waals surface area contributed by atoms with E-state index >= 15 is 0 Å². The molecule has 0 atom stereocenters. The monoisotopic (exact) mass is 278 g/mol. The fourth-order valence-corrected chi connectivity index (χ4v) is 2.42. The first-order valence-electron chi connectivity index (χ1n) is 6.59. The average molecular weight is 278 g/mol. The fourth-order valence-electron chi connectivity index (χ4n) is 2.42. The maximum absolute atomic E-state index is 12.6. The number of para-hydroxylation sites is 2. The third-order valence-corrected chi connectivity index (χ3v) is 3.35. The summed E-state index contributed by atoms with van der Waals surface area (Å²) in [6.07, 6.45) is 0. The first kappa shape index (κ1) is 13.1. The first-order chi connectivity index (χ1) is 10.1. The number of imidazole rings is 1. The van der Waals surface area contributed by atoms with Crippen LogP contribution < -0.4 is 5.69 Å². The molecule has 0 radical (unpaired) electrons. The second-order valence-corrected chi connectivity index (χ2v) is 4.85. The van der Waals surface area contributed by atoms with E-state index in [1.165, 1.54) is 9.13 Å². The molecule has 0 aliphatic carbocycles. The zero-order valence-electron chi connectivity index (χ0n) is 11.6. The van der Waals surface area contributed by atoms with E-state index in [0.29, 0.717) is 22.3 Å². The van der Waals surface area contributed by atoms with Gasteiger partial charge < -0.3 is 0 Å². The number of hydrogen-bond acceptors (Lipinski definition) is 2. The summed E-state index contributed by atoms with van der Waals surface area (Å²) in [5.41, 5.74) is 1.93. The van der Waals surface area contributed by atoms with E-state index in [2.05, 4.69) is 6.58 Å². The molecule has 0 fully saturated rings. The van der Waals surface area contributed by atoms with Gasteiger partial charge >= 0.3 is 5.69 Å². The molecule has 0 unspecified atom stereocenters. The molecule has 0 bridgehead atoms. The smallest absolute Gasteiger partial charge is 0.268 e. The van der Waals surface area contributed by atoms with E-state index in [0.717, 1.165) is 0 Å². The third kappa shape index (κ3) is 2.01. The van der Waals surface area contributed by atoms with Crippen LogP contribution in [-0.2, 0) is 0 Å². The van der Waals surface area contributed by atoms with Crippen LogP contribution >= 0.6 is 0 Å². The summed E-state index contributed by atoms with van der Waals surface area (Å²) in [5.74, 6) is -0.336. The first-order valence-corrected chi connectivity index (χ1v) is 6.59. The van der Waals surface area contributed by atoms with Crippen LogP contribution in [0.5, 0.6) is 0 Å². The minimum Gasteiger partial charge on any atom is -0.268 e. The van der Waals surface area contributed by atoms with Crippen molar-refractivity contribution in [3.63, 3.8) is 0 Å². The molecule has 0 saturated carbocycles. The maximum Gasteiger partial charge on any atom is 0.340 e. The van der Waals surface area contributed by atoms with Gasteiger partial charge in [-0.25, -0.2) is 9.36 Å². The normalized spacial score (nSPS) is 10.7. The van der Waals surface area contributed by atoms with Gasteiger partial charge in [0.2, 0.25) is 0 Å². The Morgan fingerprint density at radius 2 is 1.43 bits per heavy atom. The molecule has 4 nitrogen and oxygen atoms in total. The molecular weight excluding hydrogens is 264 g/mol. The van der Waals surface area contributed by atoms with Crippen molar-refractivity contribution in [1.82, 2.24) is 9.13 Å². The van der Waals surface area contributed by atoms with Gasteiger partial charge in [0.05, 0.1) is 11.0 Å². The van der Waals surface area contributed by atoms with Crippen molar-refractivity contribution in [2.75, 3.05) is 0 Å². The molecule has 21 heavy (non-hydrogen) atoms. The number of nitrogens with zero attached hydrogens (tertiary/aromatic N) is 2. The molecule has 2 aromatic carbocycles. The molecule has 104 valence electrons. The Morgan fingerprint density at radius 1 is 0.905 bits per heavy atom. The topological polar surface area (TPSA) is 44.0 Å². The van der Waals surface area contributed by atoms with Crippen molar-refractivity contribution >= 4 is 22.6 Å². The van der Waals surface area contributed by atoms with E-state index in [-0.39, 0.29) is 5.91 Å². The standard InChI is InChI=1S/C17H14N2O2/c1-12(2)18-14-10-6-7-11-15(14)19(17(18)21)16(20)13-8-4-3-5-9-13/h3-11H,1H2,2H3. The van der Waals surface area contributed by atoms with E-state index in [4.69, 9.17) is 0 Å². The molecule has 3 rings (SSSR count). The van der Waals surface area contributed by atoms with Crippen LogP contribution in [-0.4, -0.2) is 15.0 Å². The van der Waals surface area contributed by atoms with Crippen LogP contribution in [0.4, 0.5) is 0 Å². The maximum atomic E-state index is 12.6. The highest BCUT2D eigenvalue weighted by atomic mass is 16.2. The minimum atomic E-state index is -0.391. The fraction of sp³-hybridized carbons (Fsp3) is 0.0588. The van der Waals surface area contributed by atoms with Gasteiger partial charge in [0.25, 0.3) is 5.91 Å². The predicted molar refractivity (Wildman–Crippen MR) is 83.4 cm³/mol. The highest BCUT2D eigenvalue weighted by Gasteiger charge is 2.19. The number of carbonyl (C=O) groups is 1. The summed E-state index contributed by atoms with van der Waals surface area (Å²) in [6.45, 7) is 5.56. The van der Waals surface area contributed by atoms with E-state index in [1.807, 2.05) is 12.1 Å². The summed E-state index contributed by atoms with van der Waals surface area (Å²) in [4.78, 5) is 25.2. The molecule has 0 spiro atoms. The molecule has 0 saturated heterocycles.